The van der Waals surface area contributed by atoms with E-state index in [0.717, 1.165) is 51.6 Å². The first-order valence-corrected chi connectivity index (χ1v) is 11.3. The molecule has 1 atom stereocenters. The molecule has 4 aromatic heterocycles. The number of hydrogen-bond donors (Lipinski definition) is 1. The van der Waals surface area contributed by atoms with Crippen LogP contribution in [-0.2, 0) is 0 Å². The van der Waals surface area contributed by atoms with Crippen LogP contribution in [0.3, 0.4) is 0 Å². The average Bonchev–Trinajstić information content (AvgIpc) is 3.39. The SMILES string of the molecule is C/N=C\c1cnn2cc(-c3cnn([C@H]4CCCNC4)c3C)cc(Sc3ccccn3)c12. The Morgan fingerprint density at radius 1 is 1.26 bits per heavy atom. The zero-order chi connectivity index (χ0) is 21.2. The van der Waals surface area contributed by atoms with Gasteiger partial charge in [-0.15, -0.1) is 0 Å². The number of nitrogens with one attached hydrogen (secondary N) is 1. The van der Waals surface area contributed by atoms with Gasteiger partial charge in [0.2, 0.25) is 0 Å². The Labute approximate surface area is 185 Å². The van der Waals surface area contributed by atoms with E-state index in [-0.39, 0.29) is 0 Å². The van der Waals surface area contributed by atoms with Gasteiger partial charge in [0, 0.05) is 59.5 Å². The summed E-state index contributed by atoms with van der Waals surface area (Å²) in [4.78, 5) is 9.80. The number of aromatic nitrogens is 5. The lowest BCUT2D eigenvalue weighted by atomic mass is 10.1. The Hall–Kier alpha value is -2.97. The summed E-state index contributed by atoms with van der Waals surface area (Å²) in [5, 5.41) is 13.8. The van der Waals surface area contributed by atoms with Gasteiger partial charge in [0.05, 0.1) is 24.0 Å². The Bertz CT molecular complexity index is 1220. The van der Waals surface area contributed by atoms with Gasteiger partial charge >= 0.3 is 0 Å². The topological polar surface area (TPSA) is 72.4 Å². The predicted molar refractivity (Wildman–Crippen MR) is 124 cm³/mol. The molecule has 0 aliphatic carbocycles. The molecule has 7 nitrogen and oxygen atoms in total. The van der Waals surface area contributed by atoms with E-state index in [2.05, 4.69) is 44.3 Å². The highest BCUT2D eigenvalue weighted by Crippen LogP contribution is 2.36. The molecule has 1 fully saturated rings. The molecule has 4 aromatic rings. The van der Waals surface area contributed by atoms with Gasteiger partial charge in [-0.1, -0.05) is 17.8 Å². The minimum Gasteiger partial charge on any atom is -0.315 e. The molecule has 1 N–H and O–H groups in total. The van der Waals surface area contributed by atoms with E-state index in [1.807, 2.05) is 47.5 Å². The first kappa shape index (κ1) is 20.0. The second kappa shape index (κ2) is 8.64. The number of nitrogens with zero attached hydrogens (tertiary/aromatic N) is 6. The molecule has 0 unspecified atom stereocenters. The summed E-state index contributed by atoms with van der Waals surface area (Å²) in [6, 6.07) is 8.59. The molecule has 0 amide bonds. The maximum absolute atomic E-state index is 4.75. The lowest BCUT2D eigenvalue weighted by molar-refractivity contribution is 0.342. The number of hydrogen-bond acceptors (Lipinski definition) is 6. The van der Waals surface area contributed by atoms with E-state index in [9.17, 15) is 0 Å². The zero-order valence-electron chi connectivity index (χ0n) is 17.7. The van der Waals surface area contributed by atoms with Crippen LogP contribution in [0.2, 0.25) is 0 Å². The maximum Gasteiger partial charge on any atom is 0.101 e. The maximum atomic E-state index is 4.75. The van der Waals surface area contributed by atoms with Crippen LogP contribution < -0.4 is 5.32 Å². The Morgan fingerprint density at radius 2 is 2.19 bits per heavy atom. The summed E-state index contributed by atoms with van der Waals surface area (Å²) in [7, 11) is 1.78. The fourth-order valence-electron chi connectivity index (χ4n) is 4.20. The Balaban J connectivity index is 1.61. The molecule has 0 bridgehead atoms. The molecule has 0 saturated carbocycles. The first-order chi connectivity index (χ1) is 15.2. The van der Waals surface area contributed by atoms with Gasteiger partial charge in [-0.25, -0.2) is 9.50 Å². The van der Waals surface area contributed by atoms with Crippen molar-refractivity contribution in [1.82, 2.24) is 29.7 Å². The molecule has 1 aliphatic heterocycles. The minimum atomic E-state index is 0.408. The average molecular weight is 432 g/mol. The van der Waals surface area contributed by atoms with Gasteiger partial charge in [-0.2, -0.15) is 10.2 Å². The standard InChI is InChI=1S/C23H25N7S/c1-16-20(14-28-30(16)19-6-5-8-25-13-19)17-10-21(31-22-7-3-4-9-26-22)23-18(11-24-2)12-27-29(23)15-17/h3-4,7,9-12,14-15,19,25H,5-6,8,13H2,1-2H3/b24-11-/t19-/m0/s1. The number of aliphatic imine (C=N–C) groups is 1. The largest absolute Gasteiger partial charge is 0.315 e. The molecule has 1 saturated heterocycles. The highest BCUT2D eigenvalue weighted by molar-refractivity contribution is 7.99. The molecule has 31 heavy (non-hydrogen) atoms. The monoisotopic (exact) mass is 431 g/mol. The van der Waals surface area contributed by atoms with E-state index in [1.54, 1.807) is 18.8 Å². The number of piperidine rings is 1. The van der Waals surface area contributed by atoms with Gasteiger partial charge in [-0.3, -0.25) is 9.67 Å². The molecule has 0 aromatic carbocycles. The molecule has 1 aliphatic rings. The van der Waals surface area contributed by atoms with Crippen molar-refractivity contribution < 1.29 is 0 Å². The summed E-state index contributed by atoms with van der Waals surface area (Å²) >= 11 is 1.64. The summed E-state index contributed by atoms with van der Waals surface area (Å²) in [5.41, 5.74) is 5.45. The summed E-state index contributed by atoms with van der Waals surface area (Å²) in [5.74, 6) is 0. The van der Waals surface area contributed by atoms with Crippen molar-refractivity contribution in [1.29, 1.82) is 0 Å². The van der Waals surface area contributed by atoms with Crippen molar-refractivity contribution in [2.24, 2.45) is 4.99 Å². The highest BCUT2D eigenvalue weighted by Gasteiger charge is 2.20. The Morgan fingerprint density at radius 3 is 2.97 bits per heavy atom. The van der Waals surface area contributed by atoms with Crippen molar-refractivity contribution in [2.75, 3.05) is 20.1 Å². The van der Waals surface area contributed by atoms with Gasteiger partial charge in [0.15, 0.2) is 0 Å². The minimum absolute atomic E-state index is 0.408. The molecular weight excluding hydrogens is 406 g/mol. The van der Waals surface area contributed by atoms with E-state index in [1.165, 1.54) is 12.1 Å². The second-order valence-electron chi connectivity index (χ2n) is 7.73. The quantitative estimate of drug-likeness (QED) is 0.483. The third-order valence-electron chi connectivity index (χ3n) is 5.70. The van der Waals surface area contributed by atoms with Crippen LogP contribution in [-0.4, -0.2) is 50.7 Å². The fraction of sp³-hybridized carbons (Fsp3) is 0.304. The molecule has 0 radical (unpaired) electrons. The van der Waals surface area contributed by atoms with Crippen molar-refractivity contribution in [3.63, 3.8) is 0 Å². The van der Waals surface area contributed by atoms with Crippen LogP contribution >= 0.6 is 11.8 Å². The fourth-order valence-corrected chi connectivity index (χ4v) is 5.18. The van der Waals surface area contributed by atoms with Crippen LogP contribution in [0.4, 0.5) is 0 Å². The van der Waals surface area contributed by atoms with Crippen LogP contribution in [0, 0.1) is 6.92 Å². The van der Waals surface area contributed by atoms with E-state index < -0.39 is 0 Å². The van der Waals surface area contributed by atoms with Gasteiger partial charge in [-0.05, 0) is 44.5 Å². The third kappa shape index (κ3) is 3.88. The molecular formula is C23H25N7S. The normalized spacial score (nSPS) is 17.0. The molecule has 8 heteroatoms. The van der Waals surface area contributed by atoms with Crippen LogP contribution in [0.5, 0.6) is 0 Å². The lowest BCUT2D eigenvalue weighted by Gasteiger charge is -2.24. The van der Waals surface area contributed by atoms with E-state index in [0.29, 0.717) is 6.04 Å². The summed E-state index contributed by atoms with van der Waals surface area (Å²) < 4.78 is 4.12. The zero-order valence-corrected chi connectivity index (χ0v) is 18.5. The number of rotatable bonds is 5. The molecule has 5 rings (SSSR count). The van der Waals surface area contributed by atoms with Gasteiger partial charge in [0.1, 0.15) is 5.03 Å². The van der Waals surface area contributed by atoms with E-state index in [4.69, 9.17) is 5.10 Å². The lowest BCUT2D eigenvalue weighted by Crippen LogP contribution is -2.32. The summed E-state index contributed by atoms with van der Waals surface area (Å²) in [6.45, 7) is 4.22. The van der Waals surface area contributed by atoms with Crippen LogP contribution in [0.25, 0.3) is 16.6 Å². The summed E-state index contributed by atoms with van der Waals surface area (Å²) in [6.07, 6.45) is 11.9. The second-order valence-corrected chi connectivity index (χ2v) is 8.79. The first-order valence-electron chi connectivity index (χ1n) is 10.5. The smallest absolute Gasteiger partial charge is 0.101 e. The molecule has 5 heterocycles. The van der Waals surface area contributed by atoms with Crippen molar-refractivity contribution in [3.8, 4) is 11.1 Å². The Kier molecular flexibility index (Phi) is 5.57. The van der Waals surface area contributed by atoms with Gasteiger partial charge in [0.25, 0.3) is 0 Å². The van der Waals surface area contributed by atoms with Crippen molar-refractivity contribution >= 4 is 23.5 Å². The van der Waals surface area contributed by atoms with Crippen molar-refractivity contribution in [2.45, 2.75) is 35.7 Å². The van der Waals surface area contributed by atoms with Crippen molar-refractivity contribution in [3.05, 3.63) is 60.3 Å². The van der Waals surface area contributed by atoms with Gasteiger partial charge < -0.3 is 5.32 Å². The van der Waals surface area contributed by atoms with Crippen LogP contribution in [0.15, 0.2) is 64.0 Å². The van der Waals surface area contributed by atoms with E-state index >= 15 is 0 Å². The number of fused-ring (bicyclic) bond motifs is 1. The predicted octanol–water partition coefficient (Wildman–Crippen LogP) is 4.03. The highest BCUT2D eigenvalue weighted by atomic mass is 32.2. The molecule has 0 spiro atoms. The number of pyridine rings is 2. The molecule has 158 valence electrons. The third-order valence-corrected chi connectivity index (χ3v) is 6.68. The van der Waals surface area contributed by atoms with Crippen LogP contribution in [0.1, 0.15) is 30.1 Å².